The van der Waals surface area contributed by atoms with Crippen LogP contribution in [0.1, 0.15) is 15.9 Å². The Labute approximate surface area is 158 Å². The van der Waals surface area contributed by atoms with Gasteiger partial charge in [0.15, 0.2) is 11.5 Å². The van der Waals surface area contributed by atoms with Gasteiger partial charge >= 0.3 is 0 Å². The van der Waals surface area contributed by atoms with Crippen molar-refractivity contribution in [2.45, 2.75) is 6.92 Å². The van der Waals surface area contributed by atoms with Crippen molar-refractivity contribution in [3.05, 3.63) is 65.9 Å². The third-order valence-corrected chi connectivity index (χ3v) is 4.28. The molecule has 0 bridgehead atoms. The fraction of sp³-hybridized carbons (Fsp3) is 0.190. The second kappa shape index (κ2) is 7.86. The van der Waals surface area contributed by atoms with Crippen LogP contribution in [0.2, 0.25) is 0 Å². The highest BCUT2D eigenvalue weighted by atomic mass is 16.5. The first kappa shape index (κ1) is 18.4. The van der Waals surface area contributed by atoms with Gasteiger partial charge in [-0.1, -0.05) is 18.2 Å². The Morgan fingerprint density at radius 3 is 2.11 bits per heavy atom. The SMILES string of the molecule is COc1cc(-c2c(C)ccn2NC(=O)c2ccccc2)cc(OC)c1OC. The topological polar surface area (TPSA) is 61.7 Å². The smallest absolute Gasteiger partial charge is 0.270 e. The maximum absolute atomic E-state index is 12.6. The highest BCUT2D eigenvalue weighted by Gasteiger charge is 2.18. The van der Waals surface area contributed by atoms with Crippen molar-refractivity contribution < 1.29 is 19.0 Å². The van der Waals surface area contributed by atoms with Crippen molar-refractivity contribution in [3.8, 4) is 28.5 Å². The number of nitrogens with zero attached hydrogens (tertiary/aromatic N) is 1. The van der Waals surface area contributed by atoms with Crippen LogP contribution in [0.5, 0.6) is 17.2 Å². The minimum absolute atomic E-state index is 0.195. The summed E-state index contributed by atoms with van der Waals surface area (Å²) >= 11 is 0. The summed E-state index contributed by atoms with van der Waals surface area (Å²) in [6, 6.07) is 14.7. The molecule has 27 heavy (non-hydrogen) atoms. The molecule has 6 nitrogen and oxygen atoms in total. The number of rotatable bonds is 6. The second-order valence-electron chi connectivity index (χ2n) is 5.94. The molecular weight excluding hydrogens is 344 g/mol. The lowest BCUT2D eigenvalue weighted by molar-refractivity contribution is 0.101. The average molecular weight is 366 g/mol. The van der Waals surface area contributed by atoms with E-state index in [0.717, 1.165) is 16.8 Å². The molecule has 1 heterocycles. The van der Waals surface area contributed by atoms with Crippen molar-refractivity contribution >= 4 is 5.91 Å². The molecule has 1 N–H and O–H groups in total. The van der Waals surface area contributed by atoms with Crippen LogP contribution in [0, 0.1) is 6.92 Å². The monoisotopic (exact) mass is 366 g/mol. The van der Waals surface area contributed by atoms with E-state index < -0.39 is 0 Å². The number of amides is 1. The summed E-state index contributed by atoms with van der Waals surface area (Å²) in [5.41, 5.74) is 6.16. The van der Waals surface area contributed by atoms with Gasteiger partial charge in [-0.05, 0) is 42.8 Å². The van der Waals surface area contributed by atoms with E-state index in [9.17, 15) is 4.79 Å². The third kappa shape index (κ3) is 3.60. The highest BCUT2D eigenvalue weighted by molar-refractivity contribution is 6.00. The predicted molar refractivity (Wildman–Crippen MR) is 104 cm³/mol. The average Bonchev–Trinajstić information content (AvgIpc) is 3.07. The van der Waals surface area contributed by atoms with Crippen molar-refractivity contribution in [2.24, 2.45) is 0 Å². The van der Waals surface area contributed by atoms with E-state index in [-0.39, 0.29) is 5.91 Å². The number of aromatic nitrogens is 1. The van der Waals surface area contributed by atoms with Gasteiger partial charge in [0.1, 0.15) is 0 Å². The molecule has 0 saturated carbocycles. The van der Waals surface area contributed by atoms with E-state index in [1.165, 1.54) is 0 Å². The predicted octanol–water partition coefficient (Wildman–Crippen LogP) is 3.87. The molecular formula is C21H22N2O4. The van der Waals surface area contributed by atoms with Gasteiger partial charge < -0.3 is 14.2 Å². The van der Waals surface area contributed by atoms with Crippen molar-refractivity contribution in [3.63, 3.8) is 0 Å². The first-order valence-electron chi connectivity index (χ1n) is 8.43. The maximum atomic E-state index is 12.6. The van der Waals surface area contributed by atoms with E-state index in [0.29, 0.717) is 22.8 Å². The van der Waals surface area contributed by atoms with E-state index in [1.807, 2.05) is 49.5 Å². The van der Waals surface area contributed by atoms with Crippen LogP contribution < -0.4 is 19.6 Å². The van der Waals surface area contributed by atoms with Gasteiger partial charge in [-0.3, -0.25) is 14.9 Å². The molecule has 0 aliphatic carbocycles. The molecule has 1 amide bonds. The normalized spacial score (nSPS) is 10.4. The van der Waals surface area contributed by atoms with Crippen LogP contribution in [0.25, 0.3) is 11.3 Å². The summed E-state index contributed by atoms with van der Waals surface area (Å²) in [6.07, 6.45) is 1.81. The molecule has 0 radical (unpaired) electrons. The number of methoxy groups -OCH3 is 3. The van der Waals surface area contributed by atoms with Gasteiger partial charge in [0.2, 0.25) is 5.75 Å². The zero-order valence-electron chi connectivity index (χ0n) is 15.8. The lowest BCUT2D eigenvalue weighted by atomic mass is 10.1. The number of ether oxygens (including phenoxy) is 3. The quantitative estimate of drug-likeness (QED) is 0.719. The molecule has 6 heteroatoms. The van der Waals surface area contributed by atoms with Crippen LogP contribution in [0.4, 0.5) is 0 Å². The van der Waals surface area contributed by atoms with E-state index in [4.69, 9.17) is 14.2 Å². The van der Waals surface area contributed by atoms with Crippen LogP contribution in [-0.2, 0) is 0 Å². The Bertz CT molecular complexity index is 923. The summed E-state index contributed by atoms with van der Waals surface area (Å²) in [7, 11) is 4.71. The van der Waals surface area contributed by atoms with Crippen molar-refractivity contribution in [1.82, 2.24) is 4.68 Å². The molecule has 3 aromatic rings. The summed E-state index contributed by atoms with van der Waals surface area (Å²) in [4.78, 5) is 12.6. The van der Waals surface area contributed by atoms with Crippen LogP contribution in [0.15, 0.2) is 54.7 Å². The number of carbonyl (C=O) groups excluding carboxylic acids is 1. The largest absolute Gasteiger partial charge is 0.493 e. The molecule has 0 saturated heterocycles. The first-order chi connectivity index (χ1) is 13.1. The zero-order valence-corrected chi connectivity index (χ0v) is 15.8. The molecule has 0 aliphatic rings. The van der Waals surface area contributed by atoms with Crippen LogP contribution in [-0.4, -0.2) is 31.9 Å². The molecule has 140 valence electrons. The van der Waals surface area contributed by atoms with Gasteiger partial charge in [0.05, 0.1) is 27.0 Å². The molecule has 1 aromatic heterocycles. The summed E-state index contributed by atoms with van der Waals surface area (Å²) in [5.74, 6) is 1.43. The maximum Gasteiger partial charge on any atom is 0.270 e. The van der Waals surface area contributed by atoms with Crippen LogP contribution >= 0.6 is 0 Å². The number of carbonyl (C=O) groups is 1. The second-order valence-corrected chi connectivity index (χ2v) is 5.94. The van der Waals surface area contributed by atoms with Gasteiger partial charge in [-0.25, -0.2) is 0 Å². The van der Waals surface area contributed by atoms with E-state index in [2.05, 4.69) is 5.43 Å². The minimum atomic E-state index is -0.195. The molecule has 0 spiro atoms. The lowest BCUT2D eigenvalue weighted by Crippen LogP contribution is -2.22. The standard InChI is InChI=1S/C21H22N2O4/c1-14-10-11-23(22-21(24)15-8-6-5-7-9-15)19(14)16-12-17(25-2)20(27-4)18(13-16)26-3/h5-13H,1-4H3,(H,22,24). The fourth-order valence-corrected chi connectivity index (χ4v) is 2.97. The van der Waals surface area contributed by atoms with Crippen LogP contribution in [0.3, 0.4) is 0 Å². The van der Waals surface area contributed by atoms with Gasteiger partial charge in [0.25, 0.3) is 5.91 Å². The number of aryl methyl sites for hydroxylation is 1. The molecule has 3 rings (SSSR count). The number of hydrogen-bond acceptors (Lipinski definition) is 4. The van der Waals surface area contributed by atoms with Crippen molar-refractivity contribution in [2.75, 3.05) is 26.8 Å². The Morgan fingerprint density at radius 1 is 0.926 bits per heavy atom. The molecule has 0 atom stereocenters. The summed E-state index contributed by atoms with van der Waals surface area (Å²) in [5, 5.41) is 0. The zero-order chi connectivity index (χ0) is 19.4. The Hall–Kier alpha value is -3.41. The molecule has 0 fully saturated rings. The van der Waals surface area contributed by atoms with Gasteiger partial charge in [-0.15, -0.1) is 0 Å². The van der Waals surface area contributed by atoms with E-state index in [1.54, 1.807) is 38.1 Å². The Balaban J connectivity index is 2.03. The molecule has 0 unspecified atom stereocenters. The number of nitrogens with one attached hydrogen (secondary N) is 1. The Morgan fingerprint density at radius 2 is 1.56 bits per heavy atom. The summed E-state index contributed by atoms with van der Waals surface area (Å²) in [6.45, 7) is 1.98. The van der Waals surface area contributed by atoms with Gasteiger partial charge in [0, 0.05) is 17.3 Å². The van der Waals surface area contributed by atoms with Gasteiger partial charge in [-0.2, -0.15) is 0 Å². The van der Waals surface area contributed by atoms with E-state index >= 15 is 0 Å². The number of hydrogen-bond donors (Lipinski definition) is 1. The fourth-order valence-electron chi connectivity index (χ4n) is 2.97. The Kier molecular flexibility index (Phi) is 5.35. The first-order valence-corrected chi connectivity index (χ1v) is 8.43. The minimum Gasteiger partial charge on any atom is -0.493 e. The molecule has 0 aliphatic heterocycles. The molecule has 2 aromatic carbocycles. The number of benzene rings is 2. The van der Waals surface area contributed by atoms with Crippen molar-refractivity contribution in [1.29, 1.82) is 0 Å². The lowest BCUT2D eigenvalue weighted by Gasteiger charge is -2.16. The highest BCUT2D eigenvalue weighted by Crippen LogP contribution is 2.41. The third-order valence-electron chi connectivity index (χ3n) is 4.28. The summed E-state index contributed by atoms with van der Waals surface area (Å²) < 4.78 is 18.0.